The maximum atomic E-state index is 5.31. The van der Waals surface area contributed by atoms with Gasteiger partial charge in [0.05, 0.1) is 24.1 Å². The van der Waals surface area contributed by atoms with E-state index in [1.165, 1.54) is 7.11 Å². The molecule has 3 heterocycles. The molecule has 0 unspecified atom stereocenters. The second kappa shape index (κ2) is 5.61. The molecular weight excluding hydrogens is 336 g/mol. The molecule has 0 spiro atoms. The lowest BCUT2D eigenvalue weighted by molar-refractivity contribution is 0.380. The van der Waals surface area contributed by atoms with Crippen LogP contribution in [0.3, 0.4) is 0 Å². The van der Waals surface area contributed by atoms with E-state index in [1.54, 1.807) is 18.6 Å². The first kappa shape index (κ1) is 13.7. The Morgan fingerprint density at radius 3 is 2.71 bits per heavy atom. The standard InChI is InChI=1S/C14H11BrN4O2/c1-8-3-12(21-19-8)11-7-17-14(20-2)18-13(11)9-4-10(15)6-16-5-9/h3-7H,1-2H3. The van der Waals surface area contributed by atoms with Gasteiger partial charge in [-0.25, -0.2) is 4.98 Å². The largest absolute Gasteiger partial charge is 0.467 e. The number of aromatic nitrogens is 4. The second-order valence-electron chi connectivity index (χ2n) is 4.34. The molecule has 3 aromatic rings. The molecule has 3 rings (SSSR count). The summed E-state index contributed by atoms with van der Waals surface area (Å²) in [5, 5.41) is 3.90. The van der Waals surface area contributed by atoms with Gasteiger partial charge >= 0.3 is 6.01 Å². The van der Waals surface area contributed by atoms with Crippen LogP contribution in [-0.4, -0.2) is 27.2 Å². The molecular formula is C14H11BrN4O2. The third kappa shape index (κ3) is 2.78. The predicted molar refractivity (Wildman–Crippen MR) is 79.7 cm³/mol. The highest BCUT2D eigenvalue weighted by atomic mass is 79.9. The minimum Gasteiger partial charge on any atom is -0.467 e. The van der Waals surface area contributed by atoms with Crippen molar-refractivity contribution in [2.75, 3.05) is 7.11 Å². The lowest BCUT2D eigenvalue weighted by Crippen LogP contribution is -1.96. The van der Waals surface area contributed by atoms with Gasteiger partial charge in [0, 0.05) is 34.7 Å². The highest BCUT2D eigenvalue weighted by Crippen LogP contribution is 2.32. The van der Waals surface area contributed by atoms with Crippen molar-refractivity contribution in [2.45, 2.75) is 6.92 Å². The molecule has 0 N–H and O–H groups in total. The molecule has 6 nitrogen and oxygen atoms in total. The highest BCUT2D eigenvalue weighted by molar-refractivity contribution is 9.10. The van der Waals surface area contributed by atoms with E-state index >= 15 is 0 Å². The number of halogens is 1. The summed E-state index contributed by atoms with van der Waals surface area (Å²) in [6, 6.07) is 4.03. The van der Waals surface area contributed by atoms with E-state index in [2.05, 4.69) is 36.0 Å². The monoisotopic (exact) mass is 346 g/mol. The van der Waals surface area contributed by atoms with Crippen molar-refractivity contribution >= 4 is 15.9 Å². The quantitative estimate of drug-likeness (QED) is 0.724. The summed E-state index contributed by atoms with van der Waals surface area (Å²) in [6.07, 6.45) is 5.08. The van der Waals surface area contributed by atoms with Gasteiger partial charge < -0.3 is 9.26 Å². The highest BCUT2D eigenvalue weighted by Gasteiger charge is 2.16. The third-order valence-electron chi connectivity index (χ3n) is 2.82. The summed E-state index contributed by atoms with van der Waals surface area (Å²) < 4.78 is 11.3. The maximum absolute atomic E-state index is 5.31. The van der Waals surface area contributed by atoms with Crippen LogP contribution in [0.1, 0.15) is 5.69 Å². The summed E-state index contributed by atoms with van der Waals surface area (Å²) in [5.74, 6) is 0.602. The van der Waals surface area contributed by atoms with Gasteiger partial charge in [-0.15, -0.1) is 0 Å². The Bertz CT molecular complexity index is 788. The first-order valence-electron chi connectivity index (χ1n) is 6.13. The van der Waals surface area contributed by atoms with Crippen molar-refractivity contribution in [1.82, 2.24) is 20.1 Å². The number of rotatable bonds is 3. The summed E-state index contributed by atoms with van der Waals surface area (Å²) >= 11 is 3.41. The van der Waals surface area contributed by atoms with Gasteiger partial charge in [-0.2, -0.15) is 4.98 Å². The van der Waals surface area contributed by atoms with Gasteiger partial charge in [0.1, 0.15) is 0 Å². The predicted octanol–water partition coefficient (Wildman–Crippen LogP) is 3.27. The summed E-state index contributed by atoms with van der Waals surface area (Å²) in [5.41, 5.74) is 3.02. The fraction of sp³-hybridized carbons (Fsp3) is 0.143. The number of hydrogen-bond donors (Lipinski definition) is 0. The van der Waals surface area contributed by atoms with Crippen LogP contribution < -0.4 is 4.74 Å². The van der Waals surface area contributed by atoms with E-state index < -0.39 is 0 Å². The molecule has 21 heavy (non-hydrogen) atoms. The first-order chi connectivity index (χ1) is 10.2. The molecule has 0 aliphatic heterocycles. The molecule has 0 saturated heterocycles. The molecule has 0 bridgehead atoms. The Balaban J connectivity index is 2.20. The van der Waals surface area contributed by atoms with Crippen LogP contribution in [0.5, 0.6) is 6.01 Å². The van der Waals surface area contributed by atoms with Crippen molar-refractivity contribution in [3.05, 3.63) is 40.9 Å². The Morgan fingerprint density at radius 2 is 2.05 bits per heavy atom. The van der Waals surface area contributed by atoms with Crippen LogP contribution in [0, 0.1) is 6.92 Å². The normalized spacial score (nSPS) is 10.6. The lowest BCUT2D eigenvalue weighted by Gasteiger charge is -2.07. The molecule has 0 saturated carbocycles. The van der Waals surface area contributed by atoms with Crippen LogP contribution in [0.2, 0.25) is 0 Å². The van der Waals surface area contributed by atoms with Crippen molar-refractivity contribution in [3.8, 4) is 28.6 Å². The van der Waals surface area contributed by atoms with Gasteiger partial charge in [-0.05, 0) is 28.9 Å². The Kier molecular flexibility index (Phi) is 3.66. The Labute approximate surface area is 129 Å². The Morgan fingerprint density at radius 1 is 1.19 bits per heavy atom. The topological polar surface area (TPSA) is 73.9 Å². The maximum Gasteiger partial charge on any atom is 0.316 e. The molecule has 3 aromatic heterocycles. The number of methoxy groups -OCH3 is 1. The summed E-state index contributed by atoms with van der Waals surface area (Å²) in [4.78, 5) is 12.7. The molecule has 0 aliphatic rings. The van der Waals surface area contributed by atoms with E-state index in [9.17, 15) is 0 Å². The molecule has 0 radical (unpaired) electrons. The lowest BCUT2D eigenvalue weighted by atomic mass is 10.1. The number of aryl methyl sites for hydroxylation is 1. The van der Waals surface area contributed by atoms with Gasteiger partial charge in [0.15, 0.2) is 5.76 Å². The molecule has 0 atom stereocenters. The zero-order valence-electron chi connectivity index (χ0n) is 11.4. The average molecular weight is 347 g/mol. The fourth-order valence-electron chi connectivity index (χ4n) is 1.90. The third-order valence-corrected chi connectivity index (χ3v) is 3.25. The van der Waals surface area contributed by atoms with Crippen LogP contribution in [-0.2, 0) is 0 Å². The molecule has 0 amide bonds. The van der Waals surface area contributed by atoms with Crippen LogP contribution in [0.4, 0.5) is 0 Å². The van der Waals surface area contributed by atoms with E-state index in [4.69, 9.17) is 9.26 Å². The van der Waals surface area contributed by atoms with Crippen LogP contribution in [0.25, 0.3) is 22.6 Å². The van der Waals surface area contributed by atoms with Crippen molar-refractivity contribution in [3.63, 3.8) is 0 Å². The molecule has 106 valence electrons. The van der Waals surface area contributed by atoms with Gasteiger partial charge in [0.2, 0.25) is 0 Å². The zero-order valence-corrected chi connectivity index (χ0v) is 13.0. The van der Waals surface area contributed by atoms with Crippen molar-refractivity contribution < 1.29 is 9.26 Å². The molecule has 0 fully saturated rings. The SMILES string of the molecule is COc1ncc(-c2cc(C)no2)c(-c2cncc(Br)c2)n1. The molecule has 0 aromatic carbocycles. The fourth-order valence-corrected chi connectivity index (χ4v) is 2.26. The van der Waals surface area contributed by atoms with Gasteiger partial charge in [-0.1, -0.05) is 5.16 Å². The smallest absolute Gasteiger partial charge is 0.316 e. The van der Waals surface area contributed by atoms with E-state index in [1.807, 2.05) is 19.1 Å². The number of hydrogen-bond acceptors (Lipinski definition) is 6. The van der Waals surface area contributed by atoms with E-state index in [0.717, 1.165) is 21.3 Å². The van der Waals surface area contributed by atoms with Gasteiger partial charge in [-0.3, -0.25) is 4.98 Å². The number of pyridine rings is 1. The summed E-state index contributed by atoms with van der Waals surface area (Å²) in [6.45, 7) is 1.86. The van der Waals surface area contributed by atoms with Crippen molar-refractivity contribution in [2.24, 2.45) is 0 Å². The first-order valence-corrected chi connectivity index (χ1v) is 6.92. The minimum absolute atomic E-state index is 0.282. The van der Waals surface area contributed by atoms with Crippen LogP contribution in [0.15, 0.2) is 39.7 Å². The molecule has 0 aliphatic carbocycles. The zero-order chi connectivity index (χ0) is 14.8. The van der Waals surface area contributed by atoms with Crippen molar-refractivity contribution in [1.29, 1.82) is 0 Å². The van der Waals surface area contributed by atoms with Gasteiger partial charge in [0.25, 0.3) is 0 Å². The van der Waals surface area contributed by atoms with E-state index in [0.29, 0.717) is 11.5 Å². The summed E-state index contributed by atoms with van der Waals surface area (Å²) in [7, 11) is 1.52. The average Bonchev–Trinajstić information content (AvgIpc) is 2.93. The molecule has 7 heteroatoms. The number of nitrogens with zero attached hydrogens (tertiary/aromatic N) is 4. The van der Waals surface area contributed by atoms with Crippen LogP contribution >= 0.6 is 15.9 Å². The second-order valence-corrected chi connectivity index (χ2v) is 5.26. The Hall–Kier alpha value is -2.28. The minimum atomic E-state index is 0.282. The number of ether oxygens (including phenoxy) is 1. The van der Waals surface area contributed by atoms with E-state index in [-0.39, 0.29) is 6.01 Å².